The second kappa shape index (κ2) is 15.5. The van der Waals surface area contributed by atoms with Gasteiger partial charge in [0.2, 0.25) is 0 Å². The van der Waals surface area contributed by atoms with E-state index in [4.69, 9.17) is 4.74 Å². The summed E-state index contributed by atoms with van der Waals surface area (Å²) in [5.41, 5.74) is -1.53. The largest absolute Gasteiger partial charge is 0.465 e. The third kappa shape index (κ3) is 7.07. The monoisotopic (exact) mass is 713 g/mol. The number of unbranched alkanes of at least 4 members (excludes halogenated alkanes) is 12. The molecule has 0 aromatic heterocycles. The molecule has 0 aromatic carbocycles. The van der Waals surface area contributed by atoms with Crippen molar-refractivity contribution in [2.45, 2.75) is 202 Å². The fourth-order valence-electron chi connectivity index (χ4n) is 12.9. The lowest BCUT2D eigenvalue weighted by Crippen LogP contribution is -2.73. The molecule has 292 valence electrons. The standard InChI is InChI=1S/C45H76O6/c1-9-10-11-12-13-14-15-16-17-18-19-20-21-28-51-39(50)42(5)25-24-41(4)26-27-43(6)31(32(41)30-42)29-33(46)36-44(43,7)23-22-34-40(2,3)37(48)35(47)38(49)45(34,36)8/h29,32,34-38,47-49H,9-28,30H2,1-8H3/t32-,34-,35+,36-,37-,38-,41+,42-,43+,44+,45-/m0/s1. The van der Waals surface area contributed by atoms with Gasteiger partial charge in [0.1, 0.15) is 6.10 Å². The maximum Gasteiger partial charge on any atom is 0.311 e. The van der Waals surface area contributed by atoms with E-state index >= 15 is 0 Å². The van der Waals surface area contributed by atoms with Crippen LogP contribution in [-0.4, -0.2) is 52.0 Å². The molecule has 0 aromatic rings. The molecular weight excluding hydrogens is 636 g/mol. The Hall–Kier alpha value is -1.24. The predicted octanol–water partition coefficient (Wildman–Crippen LogP) is 9.90. The van der Waals surface area contributed by atoms with Crippen LogP contribution in [0.5, 0.6) is 0 Å². The highest BCUT2D eigenvalue weighted by Crippen LogP contribution is 2.75. The van der Waals surface area contributed by atoms with Gasteiger partial charge in [-0.2, -0.15) is 0 Å². The Morgan fingerprint density at radius 3 is 1.88 bits per heavy atom. The Morgan fingerprint density at radius 2 is 1.29 bits per heavy atom. The fraction of sp³-hybridized carbons (Fsp3) is 0.911. The third-order valence-electron chi connectivity index (χ3n) is 16.7. The summed E-state index contributed by atoms with van der Waals surface area (Å²) in [6.07, 6.45) is 21.3. The minimum absolute atomic E-state index is 0.0252. The third-order valence-corrected chi connectivity index (χ3v) is 16.7. The van der Waals surface area contributed by atoms with Crippen molar-refractivity contribution >= 4 is 11.8 Å². The topological polar surface area (TPSA) is 104 Å². The maximum atomic E-state index is 14.6. The molecule has 4 fully saturated rings. The van der Waals surface area contributed by atoms with E-state index in [2.05, 4.69) is 34.6 Å². The fourth-order valence-corrected chi connectivity index (χ4v) is 12.9. The number of carbonyl (C=O) groups excluding carboxylic acids is 2. The summed E-state index contributed by atoms with van der Waals surface area (Å²) in [6.45, 7) is 17.8. The summed E-state index contributed by atoms with van der Waals surface area (Å²) in [5.74, 6) is -0.465. The number of allylic oxidation sites excluding steroid dienone is 2. The summed E-state index contributed by atoms with van der Waals surface area (Å²) in [6, 6.07) is 0. The molecule has 0 saturated heterocycles. The van der Waals surface area contributed by atoms with Crippen LogP contribution in [0, 0.1) is 50.2 Å². The highest BCUT2D eigenvalue weighted by Gasteiger charge is 2.73. The van der Waals surface area contributed by atoms with E-state index in [9.17, 15) is 24.9 Å². The molecule has 3 N–H and O–H groups in total. The van der Waals surface area contributed by atoms with Crippen LogP contribution in [0.2, 0.25) is 0 Å². The van der Waals surface area contributed by atoms with E-state index in [1.54, 1.807) is 0 Å². The van der Waals surface area contributed by atoms with E-state index in [-0.39, 0.29) is 34.4 Å². The van der Waals surface area contributed by atoms with Crippen LogP contribution in [0.25, 0.3) is 0 Å². The lowest BCUT2D eigenvalue weighted by Gasteiger charge is -2.71. The molecule has 5 aliphatic rings. The van der Waals surface area contributed by atoms with Crippen molar-refractivity contribution in [2.24, 2.45) is 50.2 Å². The first-order chi connectivity index (χ1) is 23.9. The van der Waals surface area contributed by atoms with Crippen molar-refractivity contribution in [1.29, 1.82) is 0 Å². The first kappa shape index (κ1) is 40.9. The number of esters is 1. The second-order valence-corrected chi connectivity index (χ2v) is 20.2. The zero-order chi connectivity index (χ0) is 37.5. The molecule has 5 rings (SSSR count). The minimum atomic E-state index is -1.30. The molecule has 0 radical (unpaired) electrons. The summed E-state index contributed by atoms with van der Waals surface area (Å²) >= 11 is 0. The summed E-state index contributed by atoms with van der Waals surface area (Å²) in [4.78, 5) is 28.4. The number of hydrogen-bond acceptors (Lipinski definition) is 6. The van der Waals surface area contributed by atoms with Gasteiger partial charge in [-0.3, -0.25) is 9.59 Å². The zero-order valence-corrected chi connectivity index (χ0v) is 34.0. The average Bonchev–Trinajstić information content (AvgIpc) is 3.08. The van der Waals surface area contributed by atoms with Crippen molar-refractivity contribution in [1.82, 2.24) is 0 Å². The smallest absolute Gasteiger partial charge is 0.311 e. The Morgan fingerprint density at radius 1 is 0.745 bits per heavy atom. The lowest BCUT2D eigenvalue weighted by molar-refractivity contribution is -0.272. The first-order valence-electron chi connectivity index (χ1n) is 21.4. The van der Waals surface area contributed by atoms with E-state index in [0.717, 1.165) is 51.4 Å². The SMILES string of the molecule is CCCCCCCCCCCCCCCOC(=O)[C@@]1(C)CC[C@]2(C)CC[C@]3(C)C(=CC(=O)[C@@H]4[C@@]5(C)[C@@H](O)[C@H](O)[C@H](O)C(C)(C)[C@@H]5CC[C@]43C)[C@@H]2C1. The van der Waals surface area contributed by atoms with Crippen LogP contribution >= 0.6 is 0 Å². The highest BCUT2D eigenvalue weighted by atomic mass is 16.5. The maximum absolute atomic E-state index is 14.6. The molecule has 0 amide bonds. The minimum Gasteiger partial charge on any atom is -0.465 e. The molecule has 6 heteroatoms. The van der Waals surface area contributed by atoms with Crippen LogP contribution in [-0.2, 0) is 14.3 Å². The normalized spacial score (nSPS) is 43.0. The van der Waals surface area contributed by atoms with Gasteiger partial charge >= 0.3 is 5.97 Å². The Balaban J connectivity index is 1.21. The summed E-state index contributed by atoms with van der Waals surface area (Å²) < 4.78 is 6.01. The van der Waals surface area contributed by atoms with E-state index in [1.807, 2.05) is 26.8 Å². The van der Waals surface area contributed by atoms with Crippen molar-refractivity contribution in [3.05, 3.63) is 11.6 Å². The van der Waals surface area contributed by atoms with Gasteiger partial charge in [-0.25, -0.2) is 0 Å². The number of ketones is 1. The van der Waals surface area contributed by atoms with Crippen LogP contribution in [0.15, 0.2) is 11.6 Å². The summed E-state index contributed by atoms with van der Waals surface area (Å²) in [5, 5.41) is 33.9. The molecule has 0 unspecified atom stereocenters. The molecule has 0 bridgehead atoms. The number of hydrogen-bond donors (Lipinski definition) is 3. The molecule has 0 aliphatic heterocycles. The van der Waals surface area contributed by atoms with Crippen molar-refractivity contribution in [3.8, 4) is 0 Å². The number of ether oxygens (including phenoxy) is 1. The molecule has 0 heterocycles. The van der Waals surface area contributed by atoms with Gasteiger partial charge in [0.15, 0.2) is 5.78 Å². The van der Waals surface area contributed by atoms with Crippen molar-refractivity contribution in [3.63, 3.8) is 0 Å². The van der Waals surface area contributed by atoms with Crippen LogP contribution in [0.1, 0.15) is 184 Å². The van der Waals surface area contributed by atoms with E-state index < -0.39 is 45.9 Å². The number of fused-ring (bicyclic) bond motifs is 7. The zero-order valence-electron chi connectivity index (χ0n) is 34.0. The molecule has 11 atom stereocenters. The van der Waals surface area contributed by atoms with Gasteiger partial charge in [-0.15, -0.1) is 0 Å². The molecule has 4 saturated carbocycles. The lowest BCUT2D eigenvalue weighted by atomic mass is 9.33. The summed E-state index contributed by atoms with van der Waals surface area (Å²) in [7, 11) is 0. The molecule has 51 heavy (non-hydrogen) atoms. The molecule has 5 aliphatic carbocycles. The van der Waals surface area contributed by atoms with Gasteiger partial charge in [0.05, 0.1) is 24.2 Å². The second-order valence-electron chi connectivity index (χ2n) is 20.2. The molecule has 0 spiro atoms. The average molecular weight is 713 g/mol. The van der Waals surface area contributed by atoms with Crippen LogP contribution < -0.4 is 0 Å². The Labute approximate surface area is 311 Å². The number of rotatable bonds is 15. The number of aliphatic hydroxyl groups excluding tert-OH is 3. The van der Waals surface area contributed by atoms with E-state index in [0.29, 0.717) is 13.0 Å². The van der Waals surface area contributed by atoms with Crippen LogP contribution in [0.4, 0.5) is 0 Å². The van der Waals surface area contributed by atoms with E-state index in [1.165, 1.54) is 76.2 Å². The molecular formula is C45H76O6. The highest BCUT2D eigenvalue weighted by molar-refractivity contribution is 5.96. The van der Waals surface area contributed by atoms with Gasteiger partial charge < -0.3 is 20.1 Å². The Kier molecular flexibility index (Phi) is 12.4. The van der Waals surface area contributed by atoms with Crippen molar-refractivity contribution < 1.29 is 29.6 Å². The Bertz CT molecular complexity index is 1270. The predicted molar refractivity (Wildman–Crippen MR) is 205 cm³/mol. The number of aliphatic hydroxyl groups is 3. The van der Waals surface area contributed by atoms with Crippen molar-refractivity contribution in [2.75, 3.05) is 6.61 Å². The quantitative estimate of drug-likeness (QED) is 0.115. The molecule has 6 nitrogen and oxygen atoms in total. The first-order valence-corrected chi connectivity index (χ1v) is 21.4. The number of carbonyl (C=O) groups is 2. The van der Waals surface area contributed by atoms with Gasteiger partial charge in [0.25, 0.3) is 0 Å². The van der Waals surface area contributed by atoms with Gasteiger partial charge in [-0.05, 0) is 97.9 Å². The van der Waals surface area contributed by atoms with Crippen LogP contribution in [0.3, 0.4) is 0 Å². The van der Waals surface area contributed by atoms with Gasteiger partial charge in [0, 0.05) is 11.3 Å². The van der Waals surface area contributed by atoms with Gasteiger partial charge in [-0.1, -0.05) is 131 Å².